The molecule has 2 aromatic rings. The highest BCUT2D eigenvalue weighted by atomic mass is 19.4. The fraction of sp³-hybridized carbons (Fsp3) is 0.636. The first-order valence-electron chi connectivity index (χ1n) is 15.6. The topological polar surface area (TPSA) is 27.7 Å². The van der Waals surface area contributed by atoms with Crippen LogP contribution in [0.15, 0.2) is 30.3 Å². The molecule has 1 heterocycles. The summed E-state index contributed by atoms with van der Waals surface area (Å²) >= 11 is 0. The van der Waals surface area contributed by atoms with E-state index >= 15 is 4.39 Å². The molecule has 0 N–H and O–H groups in total. The van der Waals surface area contributed by atoms with Crippen LogP contribution in [0, 0.1) is 41.1 Å². The monoisotopic (exact) mass is 688 g/mol. The third-order valence-corrected chi connectivity index (χ3v) is 9.80. The van der Waals surface area contributed by atoms with Gasteiger partial charge in [-0.25, -0.2) is 17.6 Å². The van der Waals surface area contributed by atoms with E-state index in [4.69, 9.17) is 9.47 Å². The average Bonchev–Trinajstić information content (AvgIpc) is 3.00. The Hall–Kier alpha value is -2.61. The van der Waals surface area contributed by atoms with Gasteiger partial charge in [0.05, 0.1) is 24.7 Å². The predicted octanol–water partition coefficient (Wildman–Crippen LogP) is 10.5. The normalized spacial score (nSPS) is 28.6. The van der Waals surface area contributed by atoms with E-state index in [-0.39, 0.29) is 43.7 Å². The van der Waals surface area contributed by atoms with E-state index in [1.807, 2.05) is 0 Å². The molecular formula is C33H35F11O3. The van der Waals surface area contributed by atoms with Gasteiger partial charge in [-0.05, 0) is 67.9 Å². The molecule has 0 aromatic heterocycles. The van der Waals surface area contributed by atoms with E-state index in [0.29, 0.717) is 30.3 Å². The largest absolute Gasteiger partial charge is 0.432 e. The van der Waals surface area contributed by atoms with Crippen molar-refractivity contribution >= 4 is 0 Å². The SMILES string of the molecule is CC1CCC(C2COC(c3ccc(C4CCC(C(F)(F)Oc5cc(F)c(C(F)(F)C(F)C(F)(F)F)c(F)c5)CC4)c(F)c3)OC2)CC1. The second-order valence-corrected chi connectivity index (χ2v) is 13.1. The quantitative estimate of drug-likeness (QED) is 0.259. The van der Waals surface area contributed by atoms with Gasteiger partial charge >= 0.3 is 18.2 Å². The molecule has 2 aliphatic carbocycles. The average molecular weight is 689 g/mol. The summed E-state index contributed by atoms with van der Waals surface area (Å²) in [5.41, 5.74) is -1.75. The lowest BCUT2D eigenvalue weighted by Crippen LogP contribution is -2.41. The number of hydrogen-bond acceptors (Lipinski definition) is 3. The van der Waals surface area contributed by atoms with Gasteiger partial charge in [-0.2, -0.15) is 30.7 Å². The van der Waals surface area contributed by atoms with Gasteiger partial charge in [0.1, 0.15) is 23.2 Å². The van der Waals surface area contributed by atoms with Gasteiger partial charge in [-0.3, -0.25) is 0 Å². The number of benzene rings is 2. The molecule has 1 saturated heterocycles. The molecule has 3 fully saturated rings. The minimum absolute atomic E-state index is 0.0984. The number of ether oxygens (including phenoxy) is 3. The van der Waals surface area contributed by atoms with Gasteiger partial charge in [0.2, 0.25) is 0 Å². The van der Waals surface area contributed by atoms with Crippen LogP contribution in [0.3, 0.4) is 0 Å². The zero-order valence-corrected chi connectivity index (χ0v) is 25.4. The second-order valence-electron chi connectivity index (χ2n) is 13.1. The van der Waals surface area contributed by atoms with Crippen molar-refractivity contribution in [2.75, 3.05) is 13.2 Å². The standard InChI is InChI=1S/C33H35F11O3/c1-17-2-4-18(5-3-17)21-15-45-29(46-16-21)20-8-11-24(25(34)12-20)19-6-9-22(10-7-19)33(43,44)47-23-13-26(35)28(27(36)14-23)31(38,39)30(37)32(40,41)42/h8,11-14,17-19,21-22,29-30H,2-7,9-10,15-16H2,1H3. The number of rotatable bonds is 8. The van der Waals surface area contributed by atoms with Crippen molar-refractivity contribution in [3.8, 4) is 5.75 Å². The molecule has 0 spiro atoms. The summed E-state index contributed by atoms with van der Waals surface area (Å²) < 4.78 is 169. The first-order chi connectivity index (χ1) is 22.0. The highest BCUT2D eigenvalue weighted by Gasteiger charge is 2.60. The minimum atomic E-state index is -6.15. The molecule has 262 valence electrons. The summed E-state index contributed by atoms with van der Waals surface area (Å²) in [7, 11) is 0. The Kier molecular flexibility index (Phi) is 10.4. The number of halogens is 11. The van der Waals surface area contributed by atoms with E-state index in [0.717, 1.165) is 18.8 Å². The number of alkyl halides is 8. The molecule has 47 heavy (non-hydrogen) atoms. The Bertz CT molecular complexity index is 1350. The molecule has 2 saturated carbocycles. The molecular weight excluding hydrogens is 653 g/mol. The van der Waals surface area contributed by atoms with Gasteiger partial charge < -0.3 is 14.2 Å². The van der Waals surface area contributed by atoms with Crippen molar-refractivity contribution < 1.29 is 62.5 Å². The fourth-order valence-electron chi connectivity index (χ4n) is 7.00. The Labute approximate surface area is 264 Å². The highest BCUT2D eigenvalue weighted by Crippen LogP contribution is 2.47. The van der Waals surface area contributed by atoms with Gasteiger partial charge in [0.15, 0.2) is 6.29 Å². The van der Waals surface area contributed by atoms with E-state index in [2.05, 4.69) is 11.7 Å². The zero-order chi connectivity index (χ0) is 34.3. The smallest absolute Gasteiger partial charge is 0.426 e. The van der Waals surface area contributed by atoms with Crippen molar-refractivity contribution in [2.24, 2.45) is 23.7 Å². The molecule has 14 heteroatoms. The molecule has 5 rings (SSSR count). The lowest BCUT2D eigenvalue weighted by Gasteiger charge is -2.37. The Morgan fingerprint density at radius 2 is 1.30 bits per heavy atom. The summed E-state index contributed by atoms with van der Waals surface area (Å²) in [6.07, 6.45) is -11.5. The third-order valence-electron chi connectivity index (χ3n) is 9.80. The molecule has 3 nitrogen and oxygen atoms in total. The van der Waals surface area contributed by atoms with Crippen molar-refractivity contribution in [1.82, 2.24) is 0 Å². The van der Waals surface area contributed by atoms with Crippen LogP contribution < -0.4 is 4.74 Å². The van der Waals surface area contributed by atoms with Crippen molar-refractivity contribution in [1.29, 1.82) is 0 Å². The van der Waals surface area contributed by atoms with E-state index in [1.54, 1.807) is 12.1 Å². The van der Waals surface area contributed by atoms with Crippen LogP contribution in [0.1, 0.15) is 87.2 Å². The van der Waals surface area contributed by atoms with E-state index < -0.39 is 71.3 Å². The van der Waals surface area contributed by atoms with Gasteiger partial charge in [-0.15, -0.1) is 0 Å². The summed E-state index contributed by atoms with van der Waals surface area (Å²) in [6, 6.07) is 4.24. The van der Waals surface area contributed by atoms with Crippen LogP contribution in [-0.2, 0) is 15.4 Å². The van der Waals surface area contributed by atoms with Gasteiger partial charge in [0.25, 0.3) is 6.17 Å². The molecule has 1 atom stereocenters. The first kappa shape index (κ1) is 35.7. The van der Waals surface area contributed by atoms with Crippen LogP contribution in [0.4, 0.5) is 48.3 Å². The summed E-state index contributed by atoms with van der Waals surface area (Å²) in [5.74, 6) is -12.7. The minimum Gasteiger partial charge on any atom is -0.432 e. The second kappa shape index (κ2) is 13.7. The van der Waals surface area contributed by atoms with Crippen LogP contribution in [-0.4, -0.2) is 31.7 Å². The molecule has 0 bridgehead atoms. The predicted molar refractivity (Wildman–Crippen MR) is 147 cm³/mol. The van der Waals surface area contributed by atoms with Crippen LogP contribution >= 0.6 is 0 Å². The maximum absolute atomic E-state index is 15.2. The summed E-state index contributed by atoms with van der Waals surface area (Å²) in [4.78, 5) is 0. The molecule has 1 aliphatic heterocycles. The van der Waals surface area contributed by atoms with Crippen LogP contribution in [0.5, 0.6) is 5.75 Å². The van der Waals surface area contributed by atoms with Crippen molar-refractivity contribution in [3.63, 3.8) is 0 Å². The Morgan fingerprint density at radius 1 is 0.723 bits per heavy atom. The van der Waals surface area contributed by atoms with Gasteiger partial charge in [-0.1, -0.05) is 31.9 Å². The Morgan fingerprint density at radius 3 is 1.83 bits per heavy atom. The zero-order valence-electron chi connectivity index (χ0n) is 25.4. The molecule has 2 aromatic carbocycles. The highest BCUT2D eigenvalue weighted by molar-refractivity contribution is 5.34. The summed E-state index contributed by atoms with van der Waals surface area (Å²) in [6.45, 7) is 3.28. The lowest BCUT2D eigenvalue weighted by atomic mass is 9.76. The Balaban J connectivity index is 1.17. The van der Waals surface area contributed by atoms with Crippen molar-refractivity contribution in [3.05, 3.63) is 64.5 Å². The molecule has 0 amide bonds. The molecule has 3 aliphatic rings. The number of hydrogen-bond donors (Lipinski definition) is 0. The lowest BCUT2D eigenvalue weighted by molar-refractivity contribution is -0.249. The molecule has 0 radical (unpaired) electrons. The van der Waals surface area contributed by atoms with Gasteiger partial charge in [0, 0.05) is 23.6 Å². The molecule has 1 unspecified atom stereocenters. The van der Waals surface area contributed by atoms with E-state index in [1.165, 1.54) is 18.9 Å². The maximum atomic E-state index is 15.2. The van der Waals surface area contributed by atoms with E-state index in [9.17, 15) is 43.9 Å². The maximum Gasteiger partial charge on any atom is 0.426 e. The first-order valence-corrected chi connectivity index (χ1v) is 15.6. The van der Waals surface area contributed by atoms with Crippen molar-refractivity contribution in [2.45, 2.75) is 94.9 Å². The summed E-state index contributed by atoms with van der Waals surface area (Å²) in [5, 5.41) is 0. The van der Waals surface area contributed by atoms with Crippen LogP contribution in [0.2, 0.25) is 0 Å². The van der Waals surface area contributed by atoms with Crippen LogP contribution in [0.25, 0.3) is 0 Å². The third kappa shape index (κ3) is 7.84. The fourth-order valence-corrected chi connectivity index (χ4v) is 7.00.